The van der Waals surface area contributed by atoms with Crippen molar-refractivity contribution < 1.29 is 9.53 Å². The summed E-state index contributed by atoms with van der Waals surface area (Å²) in [4.78, 5) is 15.7. The van der Waals surface area contributed by atoms with E-state index in [4.69, 9.17) is 4.74 Å². The molecule has 0 saturated heterocycles. The molecule has 0 aliphatic rings. The number of hydrogen-bond donors (Lipinski definition) is 0. The van der Waals surface area contributed by atoms with Gasteiger partial charge in [0.15, 0.2) is 6.29 Å². The third-order valence-electron chi connectivity index (χ3n) is 2.18. The van der Waals surface area contributed by atoms with E-state index in [0.717, 1.165) is 22.0 Å². The highest BCUT2D eigenvalue weighted by Gasteiger charge is 2.04. The minimum atomic E-state index is 0.578. The monoisotopic (exact) mass is 245 g/mol. The number of carbonyl (C=O) groups excluding carboxylic acids is 1. The topological polar surface area (TPSA) is 39.2 Å². The largest absolute Gasteiger partial charge is 0.496 e. The Morgan fingerprint density at radius 2 is 2.06 bits per heavy atom. The Bertz CT molecular complexity index is 511. The SMILES string of the molecule is COc1ccccc1Sc1ccc(C=O)cn1. The molecule has 0 saturated carbocycles. The zero-order valence-corrected chi connectivity index (χ0v) is 10.1. The molecule has 2 rings (SSSR count). The molecule has 3 nitrogen and oxygen atoms in total. The Morgan fingerprint density at radius 1 is 1.24 bits per heavy atom. The van der Waals surface area contributed by atoms with Crippen LogP contribution in [0.25, 0.3) is 0 Å². The number of para-hydroxylation sites is 1. The first-order valence-corrected chi connectivity index (χ1v) is 5.87. The Hall–Kier alpha value is -1.81. The van der Waals surface area contributed by atoms with Crippen molar-refractivity contribution in [3.8, 4) is 5.75 Å². The highest BCUT2D eigenvalue weighted by molar-refractivity contribution is 7.99. The van der Waals surface area contributed by atoms with Gasteiger partial charge in [-0.3, -0.25) is 4.79 Å². The van der Waals surface area contributed by atoms with Crippen LogP contribution in [0.2, 0.25) is 0 Å². The molecule has 86 valence electrons. The number of aromatic nitrogens is 1. The first-order chi connectivity index (χ1) is 8.33. The maximum atomic E-state index is 10.5. The number of rotatable bonds is 4. The molecule has 2 aromatic rings. The molecule has 0 fully saturated rings. The summed E-state index contributed by atoms with van der Waals surface area (Å²) >= 11 is 1.51. The third-order valence-corrected chi connectivity index (χ3v) is 3.19. The number of pyridine rings is 1. The van der Waals surface area contributed by atoms with Crippen molar-refractivity contribution in [2.24, 2.45) is 0 Å². The van der Waals surface area contributed by atoms with E-state index in [0.29, 0.717) is 5.56 Å². The van der Waals surface area contributed by atoms with Crippen molar-refractivity contribution in [1.82, 2.24) is 4.98 Å². The van der Waals surface area contributed by atoms with Gasteiger partial charge in [-0.15, -0.1) is 0 Å². The van der Waals surface area contributed by atoms with Crippen LogP contribution in [-0.4, -0.2) is 18.4 Å². The zero-order valence-electron chi connectivity index (χ0n) is 9.29. The van der Waals surface area contributed by atoms with Crippen LogP contribution < -0.4 is 4.74 Å². The zero-order chi connectivity index (χ0) is 12.1. The van der Waals surface area contributed by atoms with Crippen LogP contribution in [0.4, 0.5) is 0 Å². The number of methoxy groups -OCH3 is 1. The van der Waals surface area contributed by atoms with Gasteiger partial charge in [-0.05, 0) is 24.3 Å². The van der Waals surface area contributed by atoms with E-state index < -0.39 is 0 Å². The fourth-order valence-electron chi connectivity index (χ4n) is 1.34. The molecule has 17 heavy (non-hydrogen) atoms. The Morgan fingerprint density at radius 3 is 2.71 bits per heavy atom. The molecule has 0 N–H and O–H groups in total. The smallest absolute Gasteiger partial charge is 0.151 e. The standard InChI is InChI=1S/C13H11NO2S/c1-16-11-4-2-3-5-12(11)17-13-7-6-10(9-15)8-14-13/h2-9H,1H3. The van der Waals surface area contributed by atoms with Gasteiger partial charge in [0.05, 0.1) is 12.0 Å². The van der Waals surface area contributed by atoms with E-state index in [2.05, 4.69) is 4.98 Å². The summed E-state index contributed by atoms with van der Waals surface area (Å²) in [6.07, 6.45) is 2.34. The predicted octanol–water partition coefficient (Wildman–Crippen LogP) is 3.05. The number of hydrogen-bond acceptors (Lipinski definition) is 4. The van der Waals surface area contributed by atoms with Crippen LogP contribution >= 0.6 is 11.8 Å². The van der Waals surface area contributed by atoms with Crippen molar-refractivity contribution in [2.75, 3.05) is 7.11 Å². The van der Waals surface area contributed by atoms with Gasteiger partial charge in [-0.2, -0.15) is 0 Å². The van der Waals surface area contributed by atoms with Gasteiger partial charge in [0.2, 0.25) is 0 Å². The van der Waals surface area contributed by atoms with E-state index in [1.165, 1.54) is 11.8 Å². The molecule has 0 spiro atoms. The number of ether oxygens (including phenoxy) is 1. The minimum Gasteiger partial charge on any atom is -0.496 e. The van der Waals surface area contributed by atoms with E-state index in [-0.39, 0.29) is 0 Å². The van der Waals surface area contributed by atoms with Crippen LogP contribution in [0.3, 0.4) is 0 Å². The fraction of sp³-hybridized carbons (Fsp3) is 0.0769. The lowest BCUT2D eigenvalue weighted by Crippen LogP contribution is -1.87. The van der Waals surface area contributed by atoms with Gasteiger partial charge < -0.3 is 4.74 Å². The summed E-state index contributed by atoms with van der Waals surface area (Å²) in [5.41, 5.74) is 0.578. The molecule has 1 heterocycles. The van der Waals surface area contributed by atoms with Crippen LogP contribution in [0, 0.1) is 0 Å². The maximum Gasteiger partial charge on any atom is 0.151 e. The summed E-state index contributed by atoms with van der Waals surface area (Å²) < 4.78 is 5.26. The number of benzene rings is 1. The highest BCUT2D eigenvalue weighted by Crippen LogP contribution is 2.33. The molecule has 0 bridgehead atoms. The Kier molecular flexibility index (Phi) is 3.77. The molecular weight excluding hydrogens is 234 g/mol. The van der Waals surface area contributed by atoms with Gasteiger partial charge >= 0.3 is 0 Å². The average Bonchev–Trinajstić information content (AvgIpc) is 2.40. The molecule has 1 aromatic carbocycles. The maximum absolute atomic E-state index is 10.5. The van der Waals surface area contributed by atoms with E-state index in [1.807, 2.05) is 30.3 Å². The third kappa shape index (κ3) is 2.85. The minimum absolute atomic E-state index is 0.578. The van der Waals surface area contributed by atoms with Crippen molar-refractivity contribution in [2.45, 2.75) is 9.92 Å². The van der Waals surface area contributed by atoms with Gasteiger partial charge in [0.1, 0.15) is 10.8 Å². The Labute approximate surface area is 104 Å². The number of carbonyl (C=O) groups is 1. The summed E-state index contributed by atoms with van der Waals surface area (Å²) in [5, 5.41) is 0.833. The summed E-state index contributed by atoms with van der Waals surface area (Å²) in [6, 6.07) is 11.3. The second-order valence-corrected chi connectivity index (χ2v) is 4.36. The van der Waals surface area contributed by atoms with Crippen molar-refractivity contribution in [3.05, 3.63) is 48.2 Å². The van der Waals surface area contributed by atoms with Crippen LogP contribution in [-0.2, 0) is 0 Å². The van der Waals surface area contributed by atoms with Crippen molar-refractivity contribution in [3.63, 3.8) is 0 Å². The van der Waals surface area contributed by atoms with E-state index in [9.17, 15) is 4.79 Å². The molecule has 1 aromatic heterocycles. The second kappa shape index (κ2) is 5.50. The molecule has 0 radical (unpaired) electrons. The molecule has 0 unspecified atom stereocenters. The number of nitrogens with zero attached hydrogens (tertiary/aromatic N) is 1. The van der Waals surface area contributed by atoms with Crippen LogP contribution in [0.1, 0.15) is 10.4 Å². The summed E-state index contributed by atoms with van der Waals surface area (Å²) in [7, 11) is 1.64. The first kappa shape index (κ1) is 11.7. The quantitative estimate of drug-likeness (QED) is 0.776. The fourth-order valence-corrected chi connectivity index (χ4v) is 2.20. The summed E-state index contributed by atoms with van der Waals surface area (Å²) in [5.74, 6) is 0.818. The lowest BCUT2D eigenvalue weighted by Gasteiger charge is -2.06. The predicted molar refractivity (Wildman–Crippen MR) is 66.7 cm³/mol. The molecule has 0 atom stereocenters. The molecule has 0 aliphatic heterocycles. The normalized spacial score (nSPS) is 9.94. The van der Waals surface area contributed by atoms with E-state index >= 15 is 0 Å². The van der Waals surface area contributed by atoms with Crippen LogP contribution in [0.5, 0.6) is 5.75 Å². The van der Waals surface area contributed by atoms with Gasteiger partial charge in [-0.1, -0.05) is 23.9 Å². The second-order valence-electron chi connectivity index (χ2n) is 3.30. The molecule has 0 amide bonds. The summed E-state index contributed by atoms with van der Waals surface area (Å²) in [6.45, 7) is 0. The highest BCUT2D eigenvalue weighted by atomic mass is 32.2. The molecule has 4 heteroatoms. The lowest BCUT2D eigenvalue weighted by molar-refractivity contribution is 0.112. The number of aldehydes is 1. The Balaban J connectivity index is 2.21. The van der Waals surface area contributed by atoms with Gasteiger partial charge in [0.25, 0.3) is 0 Å². The molecule has 0 aliphatic carbocycles. The lowest BCUT2D eigenvalue weighted by atomic mass is 10.3. The van der Waals surface area contributed by atoms with Gasteiger partial charge in [-0.25, -0.2) is 4.98 Å². The van der Waals surface area contributed by atoms with Gasteiger partial charge in [0, 0.05) is 11.8 Å². The molecular formula is C13H11NO2S. The first-order valence-electron chi connectivity index (χ1n) is 5.05. The average molecular weight is 245 g/mol. The van der Waals surface area contributed by atoms with Crippen molar-refractivity contribution >= 4 is 18.0 Å². The van der Waals surface area contributed by atoms with E-state index in [1.54, 1.807) is 19.4 Å². The van der Waals surface area contributed by atoms with Crippen LogP contribution in [0.15, 0.2) is 52.5 Å². The van der Waals surface area contributed by atoms with Crippen molar-refractivity contribution in [1.29, 1.82) is 0 Å².